The lowest BCUT2D eigenvalue weighted by Gasteiger charge is -2.34. The number of sulfonamides is 2. The molecule has 172 valence electrons. The number of nitrogens with zero attached hydrogens (tertiary/aromatic N) is 3. The van der Waals surface area contributed by atoms with E-state index >= 15 is 0 Å². The van der Waals surface area contributed by atoms with Crippen molar-refractivity contribution in [3.8, 4) is 0 Å². The fourth-order valence-corrected chi connectivity index (χ4v) is 7.69. The molecule has 2 aliphatic heterocycles. The summed E-state index contributed by atoms with van der Waals surface area (Å²) in [6.45, 7) is 5.99. The van der Waals surface area contributed by atoms with Crippen molar-refractivity contribution in [2.75, 3.05) is 36.2 Å². The zero-order valence-electron chi connectivity index (χ0n) is 18.1. The monoisotopic (exact) mass is 477 g/mol. The lowest BCUT2D eigenvalue weighted by Crippen LogP contribution is -2.48. The van der Waals surface area contributed by atoms with Crippen LogP contribution in [0.15, 0.2) is 53.4 Å². The molecule has 0 saturated carbocycles. The van der Waals surface area contributed by atoms with Crippen molar-refractivity contribution < 1.29 is 21.6 Å². The highest BCUT2D eigenvalue weighted by atomic mass is 32.2. The van der Waals surface area contributed by atoms with E-state index in [1.54, 1.807) is 13.8 Å². The number of hydrogen-bond acceptors (Lipinski definition) is 6. The van der Waals surface area contributed by atoms with Crippen LogP contribution in [-0.4, -0.2) is 63.9 Å². The van der Waals surface area contributed by atoms with Crippen LogP contribution in [0.2, 0.25) is 0 Å². The van der Waals surface area contributed by atoms with Crippen LogP contribution in [0.25, 0.3) is 0 Å². The largest absolute Gasteiger partial charge is 0.296 e. The number of benzene rings is 2. The summed E-state index contributed by atoms with van der Waals surface area (Å²) in [6.07, 6.45) is 0. The minimum atomic E-state index is -3.74. The molecule has 0 aromatic heterocycles. The summed E-state index contributed by atoms with van der Waals surface area (Å²) < 4.78 is 53.5. The minimum Gasteiger partial charge on any atom is -0.296 e. The summed E-state index contributed by atoms with van der Waals surface area (Å²) in [4.78, 5) is 14.7. The standard InChI is InChI=1S/C22H27N3O5S2/c1-17-14-20(25-22(26)18(2)16-31(25,27)28)8-9-21(17)32(29,30)24-12-10-23(11-13-24)15-19-6-4-3-5-7-19/h3-9,14,18H,10-13,15-16H2,1-2H3/t18-/m1/s1. The molecule has 0 aliphatic carbocycles. The van der Waals surface area contributed by atoms with Crippen molar-refractivity contribution in [3.63, 3.8) is 0 Å². The summed E-state index contributed by atoms with van der Waals surface area (Å²) in [5.41, 5.74) is 1.79. The molecule has 2 aliphatic rings. The van der Waals surface area contributed by atoms with Gasteiger partial charge in [0.15, 0.2) is 0 Å². The average molecular weight is 478 g/mol. The zero-order valence-corrected chi connectivity index (χ0v) is 19.8. The lowest BCUT2D eigenvalue weighted by atomic mass is 10.2. The van der Waals surface area contributed by atoms with Crippen LogP contribution >= 0.6 is 0 Å². The minimum absolute atomic E-state index is 0.134. The van der Waals surface area contributed by atoms with Crippen molar-refractivity contribution in [1.29, 1.82) is 0 Å². The second-order valence-corrected chi connectivity index (χ2v) is 12.2. The maximum atomic E-state index is 13.3. The molecular weight excluding hydrogens is 450 g/mol. The van der Waals surface area contributed by atoms with Gasteiger partial charge in [0.25, 0.3) is 0 Å². The third-order valence-corrected chi connectivity index (χ3v) is 9.88. The molecule has 2 fully saturated rings. The van der Waals surface area contributed by atoms with Crippen LogP contribution in [0.4, 0.5) is 5.69 Å². The van der Waals surface area contributed by atoms with Crippen molar-refractivity contribution in [2.45, 2.75) is 25.3 Å². The predicted octanol–water partition coefficient (Wildman–Crippen LogP) is 1.81. The van der Waals surface area contributed by atoms with Crippen LogP contribution in [0, 0.1) is 12.8 Å². The summed E-state index contributed by atoms with van der Waals surface area (Å²) >= 11 is 0. The highest BCUT2D eigenvalue weighted by Crippen LogP contribution is 2.31. The summed E-state index contributed by atoms with van der Waals surface area (Å²) in [7, 11) is -7.47. The van der Waals surface area contributed by atoms with Crippen LogP contribution < -0.4 is 4.31 Å². The Morgan fingerprint density at radius 1 is 1.00 bits per heavy atom. The molecule has 0 spiro atoms. The maximum absolute atomic E-state index is 13.3. The van der Waals surface area contributed by atoms with Gasteiger partial charge in [0.05, 0.1) is 22.3 Å². The highest BCUT2D eigenvalue weighted by Gasteiger charge is 2.42. The molecule has 8 nitrogen and oxygen atoms in total. The van der Waals surface area contributed by atoms with E-state index in [0.29, 0.717) is 31.7 Å². The van der Waals surface area contributed by atoms with Gasteiger partial charge >= 0.3 is 0 Å². The van der Waals surface area contributed by atoms with Crippen LogP contribution in [0.3, 0.4) is 0 Å². The Morgan fingerprint density at radius 2 is 1.66 bits per heavy atom. The molecule has 10 heteroatoms. The summed E-state index contributed by atoms with van der Waals surface area (Å²) in [5, 5.41) is 0. The van der Waals surface area contributed by atoms with E-state index in [4.69, 9.17) is 0 Å². The zero-order chi connectivity index (χ0) is 23.1. The first-order chi connectivity index (χ1) is 15.1. The number of rotatable bonds is 5. The fourth-order valence-electron chi connectivity index (χ4n) is 4.24. The van der Waals surface area contributed by atoms with Crippen molar-refractivity contribution in [3.05, 3.63) is 59.7 Å². The van der Waals surface area contributed by atoms with E-state index in [-0.39, 0.29) is 16.3 Å². The maximum Gasteiger partial charge on any atom is 0.244 e. The van der Waals surface area contributed by atoms with Gasteiger partial charge in [-0.05, 0) is 36.2 Å². The Kier molecular flexibility index (Phi) is 6.15. The number of piperazine rings is 1. The number of carbonyl (C=O) groups is 1. The summed E-state index contributed by atoms with van der Waals surface area (Å²) in [5.74, 6) is -1.34. The Morgan fingerprint density at radius 3 is 2.22 bits per heavy atom. The van der Waals surface area contributed by atoms with E-state index < -0.39 is 31.9 Å². The molecular formula is C22H27N3O5S2. The third-order valence-electron chi connectivity index (χ3n) is 5.95. The smallest absolute Gasteiger partial charge is 0.244 e. The van der Waals surface area contributed by atoms with Gasteiger partial charge in [-0.3, -0.25) is 9.69 Å². The van der Waals surface area contributed by atoms with Gasteiger partial charge in [-0.2, -0.15) is 4.31 Å². The van der Waals surface area contributed by atoms with E-state index in [1.165, 1.54) is 28.1 Å². The summed E-state index contributed by atoms with van der Waals surface area (Å²) in [6, 6.07) is 14.3. The number of anilines is 1. The first-order valence-electron chi connectivity index (χ1n) is 10.5. The molecule has 2 aromatic rings. The molecule has 0 bridgehead atoms. The van der Waals surface area contributed by atoms with Gasteiger partial charge in [0.2, 0.25) is 26.0 Å². The Labute approximate surface area is 189 Å². The second kappa shape index (κ2) is 8.58. The predicted molar refractivity (Wildman–Crippen MR) is 122 cm³/mol. The lowest BCUT2D eigenvalue weighted by molar-refractivity contribution is -0.119. The number of hydrogen-bond donors (Lipinski definition) is 0. The average Bonchev–Trinajstić information content (AvgIpc) is 2.95. The Balaban J connectivity index is 1.49. The van der Waals surface area contributed by atoms with Crippen LogP contribution in [0.1, 0.15) is 18.1 Å². The molecule has 32 heavy (non-hydrogen) atoms. The van der Waals surface area contributed by atoms with Gasteiger partial charge in [-0.1, -0.05) is 37.3 Å². The van der Waals surface area contributed by atoms with Crippen molar-refractivity contribution in [2.24, 2.45) is 5.92 Å². The van der Waals surface area contributed by atoms with E-state index in [1.807, 2.05) is 18.2 Å². The molecule has 0 N–H and O–H groups in total. The fraction of sp³-hybridized carbons (Fsp3) is 0.409. The number of carbonyl (C=O) groups excluding carboxylic acids is 1. The molecule has 2 aromatic carbocycles. The molecule has 4 rings (SSSR count). The van der Waals surface area contributed by atoms with Gasteiger partial charge in [0, 0.05) is 32.7 Å². The third kappa shape index (κ3) is 4.32. The Hall–Kier alpha value is -2.27. The van der Waals surface area contributed by atoms with Gasteiger partial charge < -0.3 is 0 Å². The van der Waals surface area contributed by atoms with Crippen molar-refractivity contribution in [1.82, 2.24) is 9.21 Å². The second-order valence-electron chi connectivity index (χ2n) is 8.40. The molecule has 1 atom stereocenters. The van der Waals surface area contributed by atoms with E-state index in [9.17, 15) is 21.6 Å². The van der Waals surface area contributed by atoms with E-state index in [2.05, 4.69) is 17.0 Å². The van der Waals surface area contributed by atoms with Gasteiger partial charge in [-0.15, -0.1) is 0 Å². The molecule has 0 unspecified atom stereocenters. The molecule has 0 radical (unpaired) electrons. The first-order valence-corrected chi connectivity index (χ1v) is 13.6. The van der Waals surface area contributed by atoms with Crippen LogP contribution in [0.5, 0.6) is 0 Å². The van der Waals surface area contributed by atoms with E-state index in [0.717, 1.165) is 10.8 Å². The van der Waals surface area contributed by atoms with Gasteiger partial charge in [0.1, 0.15) is 0 Å². The molecule has 1 amide bonds. The normalized spacial score (nSPS) is 22.4. The topological polar surface area (TPSA) is 95.1 Å². The molecule has 2 saturated heterocycles. The Bertz CT molecular complexity index is 1220. The first kappa shape index (κ1) is 22.9. The number of amides is 1. The molecule has 2 heterocycles. The SMILES string of the molecule is Cc1cc(N2C(=O)[C@H](C)CS2(=O)=O)ccc1S(=O)(=O)N1CCN(Cc2ccccc2)CC1. The van der Waals surface area contributed by atoms with Crippen molar-refractivity contribution >= 4 is 31.6 Å². The van der Waals surface area contributed by atoms with Crippen LogP contribution in [-0.2, 0) is 31.4 Å². The quantitative estimate of drug-likeness (QED) is 0.652. The highest BCUT2D eigenvalue weighted by molar-refractivity contribution is 7.94. The number of aryl methyl sites for hydroxylation is 1. The van der Waals surface area contributed by atoms with Gasteiger partial charge in [-0.25, -0.2) is 21.1 Å².